The van der Waals surface area contributed by atoms with Gasteiger partial charge in [0.2, 0.25) is 0 Å². The van der Waals surface area contributed by atoms with E-state index in [1.54, 1.807) is 19.1 Å². The number of hydrogen-bond acceptors (Lipinski definition) is 6. The zero-order valence-corrected chi connectivity index (χ0v) is 24.3. The molecule has 1 unspecified atom stereocenters. The lowest BCUT2D eigenvalue weighted by molar-refractivity contribution is -0.137. The van der Waals surface area contributed by atoms with Crippen LogP contribution in [-0.2, 0) is 27.3 Å². The first-order valence-electron chi connectivity index (χ1n) is 13.6. The Labute approximate surface area is 246 Å². The molecular formula is C30H31F5N2O5S. The summed E-state index contributed by atoms with van der Waals surface area (Å²) < 4.78 is 105. The van der Waals surface area contributed by atoms with E-state index in [9.17, 15) is 26.4 Å². The fourth-order valence-electron chi connectivity index (χ4n) is 4.80. The van der Waals surface area contributed by atoms with Crippen molar-refractivity contribution in [3.8, 4) is 5.75 Å². The summed E-state index contributed by atoms with van der Waals surface area (Å²) in [4.78, 5) is 14.3. The van der Waals surface area contributed by atoms with Crippen LogP contribution >= 0.6 is 0 Å². The number of benzene rings is 3. The van der Waals surface area contributed by atoms with E-state index in [1.165, 1.54) is 36.1 Å². The van der Waals surface area contributed by atoms with Crippen molar-refractivity contribution in [1.29, 1.82) is 0 Å². The quantitative estimate of drug-likeness (QED) is 0.272. The standard InChI is InChI=1S/C30H31F5N2O5S/c1-3-41-18-22-15-24(42-23-9-7-21(8-10-23)30(33,34)35)17-37(22)28-26(31)13-20(14-27(28)32)29(38)36-16-19-5-11-25(12-6-19)43(39,40)4-2/h5-14,22,24H,3-4,15-18H2,1-2H3,(H,36,38)/t22-,24?/m0/s1. The Morgan fingerprint density at radius 2 is 1.63 bits per heavy atom. The fourth-order valence-corrected chi connectivity index (χ4v) is 5.68. The zero-order valence-electron chi connectivity index (χ0n) is 23.5. The van der Waals surface area contributed by atoms with E-state index in [4.69, 9.17) is 9.47 Å². The van der Waals surface area contributed by atoms with Gasteiger partial charge in [0.25, 0.3) is 5.91 Å². The second-order valence-electron chi connectivity index (χ2n) is 9.98. The Balaban J connectivity index is 1.46. The number of carbonyl (C=O) groups excluding carboxylic acids is 1. The number of hydrogen-bond donors (Lipinski definition) is 1. The lowest BCUT2D eigenvalue weighted by atomic mass is 10.1. The Morgan fingerprint density at radius 3 is 2.19 bits per heavy atom. The average molecular weight is 627 g/mol. The zero-order chi connectivity index (χ0) is 31.4. The molecule has 232 valence electrons. The third-order valence-electron chi connectivity index (χ3n) is 7.06. The molecule has 3 aromatic rings. The molecule has 2 atom stereocenters. The van der Waals surface area contributed by atoms with Crippen molar-refractivity contribution in [2.75, 3.05) is 30.4 Å². The molecule has 1 fully saturated rings. The summed E-state index contributed by atoms with van der Waals surface area (Å²) in [5, 5.41) is 2.57. The topological polar surface area (TPSA) is 84.9 Å². The van der Waals surface area contributed by atoms with Crippen LogP contribution in [0.4, 0.5) is 27.6 Å². The van der Waals surface area contributed by atoms with E-state index < -0.39 is 51.3 Å². The summed E-state index contributed by atoms with van der Waals surface area (Å²) in [6.45, 7) is 3.82. The van der Waals surface area contributed by atoms with Gasteiger partial charge in [-0.1, -0.05) is 19.1 Å². The number of ether oxygens (including phenoxy) is 2. The predicted octanol–water partition coefficient (Wildman–Crippen LogP) is 5.77. The second-order valence-corrected chi connectivity index (χ2v) is 12.3. The number of carbonyl (C=O) groups is 1. The Morgan fingerprint density at radius 1 is 1.00 bits per heavy atom. The van der Waals surface area contributed by atoms with Crippen LogP contribution in [0.15, 0.2) is 65.6 Å². The molecule has 0 radical (unpaired) electrons. The maximum atomic E-state index is 15.4. The highest BCUT2D eigenvalue weighted by Gasteiger charge is 2.37. The average Bonchev–Trinajstić information content (AvgIpc) is 3.35. The van der Waals surface area contributed by atoms with E-state index in [0.29, 0.717) is 18.6 Å². The van der Waals surface area contributed by atoms with Gasteiger partial charge in [0.05, 0.1) is 35.4 Å². The van der Waals surface area contributed by atoms with Crippen LogP contribution in [0.1, 0.15) is 41.8 Å². The highest BCUT2D eigenvalue weighted by Crippen LogP contribution is 2.34. The number of nitrogens with one attached hydrogen (secondary N) is 1. The lowest BCUT2D eigenvalue weighted by Gasteiger charge is -2.27. The van der Waals surface area contributed by atoms with Crippen LogP contribution in [0.5, 0.6) is 5.75 Å². The predicted molar refractivity (Wildman–Crippen MR) is 150 cm³/mol. The van der Waals surface area contributed by atoms with Crippen LogP contribution in [0, 0.1) is 11.6 Å². The second kappa shape index (κ2) is 13.3. The van der Waals surface area contributed by atoms with Crippen LogP contribution < -0.4 is 15.0 Å². The highest BCUT2D eigenvalue weighted by atomic mass is 32.2. The van der Waals surface area contributed by atoms with Gasteiger partial charge < -0.3 is 19.7 Å². The van der Waals surface area contributed by atoms with Crippen molar-refractivity contribution in [2.45, 2.75) is 50.0 Å². The van der Waals surface area contributed by atoms with E-state index in [-0.39, 0.29) is 47.3 Å². The molecule has 0 spiro atoms. The van der Waals surface area contributed by atoms with Gasteiger partial charge in [-0.15, -0.1) is 0 Å². The summed E-state index contributed by atoms with van der Waals surface area (Å²) >= 11 is 0. The molecule has 43 heavy (non-hydrogen) atoms. The minimum atomic E-state index is -4.49. The summed E-state index contributed by atoms with van der Waals surface area (Å²) in [7, 11) is -3.37. The normalized spacial score (nSPS) is 17.2. The minimum absolute atomic E-state index is 0.00179. The van der Waals surface area contributed by atoms with Crippen molar-refractivity contribution in [1.82, 2.24) is 5.32 Å². The summed E-state index contributed by atoms with van der Waals surface area (Å²) in [6.07, 6.45) is -4.79. The smallest absolute Gasteiger partial charge is 0.416 e. The molecule has 3 aromatic carbocycles. The highest BCUT2D eigenvalue weighted by molar-refractivity contribution is 7.91. The van der Waals surface area contributed by atoms with Gasteiger partial charge in [-0.05, 0) is 61.0 Å². The number of rotatable bonds is 11. The van der Waals surface area contributed by atoms with Crippen molar-refractivity contribution in [2.24, 2.45) is 0 Å². The SMILES string of the molecule is CCOC[C@@H]1CC(Oc2ccc(C(F)(F)F)cc2)CN1c1c(F)cc(C(=O)NCc2ccc(S(=O)(=O)CC)cc2)cc1F. The minimum Gasteiger partial charge on any atom is -0.489 e. The molecule has 0 saturated carbocycles. The largest absolute Gasteiger partial charge is 0.489 e. The van der Waals surface area contributed by atoms with Gasteiger partial charge in [0, 0.05) is 25.1 Å². The number of anilines is 1. The molecule has 1 aliphatic rings. The van der Waals surface area contributed by atoms with Gasteiger partial charge >= 0.3 is 6.18 Å². The number of nitrogens with zero attached hydrogens (tertiary/aromatic N) is 1. The summed E-state index contributed by atoms with van der Waals surface area (Å²) in [5.74, 6) is -2.55. The third-order valence-corrected chi connectivity index (χ3v) is 8.81. The molecule has 4 rings (SSSR count). The van der Waals surface area contributed by atoms with Crippen LogP contribution in [-0.4, -0.2) is 52.0 Å². The molecule has 1 N–H and O–H groups in total. The lowest BCUT2D eigenvalue weighted by Crippen LogP contribution is -2.35. The molecule has 1 amide bonds. The van der Waals surface area contributed by atoms with E-state index in [1.807, 2.05) is 0 Å². The van der Waals surface area contributed by atoms with Crippen molar-refractivity contribution < 1.29 is 44.6 Å². The Kier molecular flexibility index (Phi) is 9.96. The van der Waals surface area contributed by atoms with E-state index >= 15 is 8.78 Å². The molecule has 1 saturated heterocycles. The first-order valence-corrected chi connectivity index (χ1v) is 15.2. The monoisotopic (exact) mass is 626 g/mol. The van der Waals surface area contributed by atoms with E-state index in [2.05, 4.69) is 5.32 Å². The molecule has 1 heterocycles. The maximum Gasteiger partial charge on any atom is 0.416 e. The molecule has 0 bridgehead atoms. The molecule has 0 aromatic heterocycles. The number of halogens is 5. The molecular weight excluding hydrogens is 595 g/mol. The van der Waals surface area contributed by atoms with Gasteiger partial charge in [0.1, 0.15) is 29.2 Å². The van der Waals surface area contributed by atoms with Crippen LogP contribution in [0.3, 0.4) is 0 Å². The molecule has 1 aliphatic heterocycles. The number of sulfone groups is 1. The van der Waals surface area contributed by atoms with Crippen LogP contribution in [0.2, 0.25) is 0 Å². The number of alkyl halides is 3. The van der Waals surface area contributed by atoms with Gasteiger partial charge in [-0.25, -0.2) is 17.2 Å². The number of amides is 1. The van der Waals surface area contributed by atoms with Crippen molar-refractivity contribution >= 4 is 21.4 Å². The van der Waals surface area contributed by atoms with Gasteiger partial charge in [-0.2, -0.15) is 13.2 Å². The molecule has 0 aliphatic carbocycles. The van der Waals surface area contributed by atoms with Crippen molar-refractivity contribution in [3.63, 3.8) is 0 Å². The first-order chi connectivity index (χ1) is 20.3. The Bertz CT molecular complexity index is 1510. The summed E-state index contributed by atoms with van der Waals surface area (Å²) in [6, 6.07) is 11.5. The first kappa shape index (κ1) is 32.2. The molecule has 13 heteroatoms. The van der Waals surface area contributed by atoms with E-state index in [0.717, 1.165) is 24.3 Å². The van der Waals surface area contributed by atoms with Crippen molar-refractivity contribution in [3.05, 3.63) is 89.0 Å². The fraction of sp³-hybridized carbons (Fsp3) is 0.367. The third kappa shape index (κ3) is 7.82. The summed E-state index contributed by atoms with van der Waals surface area (Å²) in [5.41, 5.74) is -0.846. The Hall–Kier alpha value is -3.71. The van der Waals surface area contributed by atoms with Crippen LogP contribution in [0.25, 0.3) is 0 Å². The molecule has 7 nitrogen and oxygen atoms in total. The van der Waals surface area contributed by atoms with Gasteiger partial charge in [0.15, 0.2) is 9.84 Å². The van der Waals surface area contributed by atoms with Gasteiger partial charge in [-0.3, -0.25) is 4.79 Å². The maximum absolute atomic E-state index is 15.4.